The summed E-state index contributed by atoms with van der Waals surface area (Å²) in [7, 11) is 0. The molecule has 3 N–H and O–H groups in total. The fourth-order valence-electron chi connectivity index (χ4n) is 0.887. The van der Waals surface area contributed by atoms with E-state index < -0.39 is 0 Å². The summed E-state index contributed by atoms with van der Waals surface area (Å²) in [5, 5.41) is 12.8. The van der Waals surface area contributed by atoms with Crippen molar-refractivity contribution in [1.29, 1.82) is 0 Å². The first-order valence-electron chi connectivity index (χ1n) is 2.79. The summed E-state index contributed by atoms with van der Waals surface area (Å²) >= 11 is 0. The number of fused-ring (bicyclic) bond motifs is 1. The molecule has 0 aliphatic carbocycles. The number of nitrogen functional groups attached to an aromatic ring is 1. The zero-order valence-corrected chi connectivity index (χ0v) is 5.10. The maximum atomic E-state index is 8.99. The number of hydrogen-bond acceptors (Lipinski definition) is 3. The summed E-state index contributed by atoms with van der Waals surface area (Å²) in [4.78, 5) is 0.867. The van der Waals surface area contributed by atoms with Crippen molar-refractivity contribution in [2.24, 2.45) is 0 Å². The Morgan fingerprint density at radius 3 is 3.10 bits per heavy atom. The van der Waals surface area contributed by atoms with Crippen LogP contribution in [0.5, 0.6) is 0 Å². The molecule has 5 heteroatoms. The predicted octanol–water partition coefficient (Wildman–Crippen LogP) is -0.0447. The van der Waals surface area contributed by atoms with Crippen molar-refractivity contribution in [3.8, 4) is 0 Å². The minimum atomic E-state index is 0.563. The Morgan fingerprint density at radius 1 is 1.60 bits per heavy atom. The summed E-state index contributed by atoms with van der Waals surface area (Å²) in [5.41, 5.74) is 6.76. The lowest BCUT2D eigenvalue weighted by atomic mass is 10.4. The molecule has 52 valence electrons. The molecular weight excluding hydrogens is 132 g/mol. The van der Waals surface area contributed by atoms with Gasteiger partial charge in [-0.3, -0.25) is 0 Å². The third-order valence-corrected chi connectivity index (χ3v) is 1.38. The summed E-state index contributed by atoms with van der Waals surface area (Å²) < 4.78 is 1.30. The van der Waals surface area contributed by atoms with Crippen LogP contribution in [0.4, 0.5) is 5.69 Å². The second kappa shape index (κ2) is 1.44. The van der Waals surface area contributed by atoms with Gasteiger partial charge in [0.05, 0.1) is 18.1 Å². The third kappa shape index (κ3) is 0.439. The summed E-state index contributed by atoms with van der Waals surface area (Å²) in [6.07, 6.45) is 2.96. The molecule has 0 saturated heterocycles. The van der Waals surface area contributed by atoms with E-state index >= 15 is 0 Å². The molecule has 0 unspecified atom stereocenters. The molecule has 0 aromatic carbocycles. The molecule has 2 aromatic rings. The lowest BCUT2D eigenvalue weighted by Gasteiger charge is -1.88. The molecule has 0 atom stereocenters. The fourth-order valence-corrected chi connectivity index (χ4v) is 0.887. The molecule has 0 saturated carbocycles. The van der Waals surface area contributed by atoms with Gasteiger partial charge in [-0.15, -0.1) is 9.48 Å². The highest BCUT2D eigenvalue weighted by Gasteiger charge is 2.01. The Bertz CT molecular complexity index is 324. The highest BCUT2D eigenvalue weighted by Crippen LogP contribution is 2.10. The average molecular weight is 138 g/mol. The van der Waals surface area contributed by atoms with E-state index in [0.29, 0.717) is 11.2 Å². The Morgan fingerprint density at radius 2 is 2.40 bits per heavy atom. The zero-order valence-electron chi connectivity index (χ0n) is 5.10. The lowest BCUT2D eigenvalue weighted by Crippen LogP contribution is -1.99. The van der Waals surface area contributed by atoms with Gasteiger partial charge in [-0.05, 0) is 6.07 Å². The fraction of sp³-hybridized carbons (Fsp3) is 0. The first kappa shape index (κ1) is 5.16. The van der Waals surface area contributed by atoms with Gasteiger partial charge in [0.15, 0.2) is 0 Å². The Kier molecular flexibility index (Phi) is 0.743. The van der Waals surface area contributed by atoms with Gasteiger partial charge in [0.1, 0.15) is 5.52 Å². The second-order valence-electron chi connectivity index (χ2n) is 2.01. The number of hydrogen-bond donors (Lipinski definition) is 2. The number of aromatic nitrogens is 3. The molecule has 0 radical (unpaired) electrons. The molecule has 0 amide bonds. The predicted molar refractivity (Wildman–Crippen MR) is 34.8 cm³/mol. The van der Waals surface area contributed by atoms with Crippen molar-refractivity contribution >= 4 is 11.2 Å². The van der Waals surface area contributed by atoms with Gasteiger partial charge < -0.3 is 10.9 Å². The first-order chi connectivity index (χ1) is 4.79. The van der Waals surface area contributed by atoms with Crippen LogP contribution in [0.25, 0.3) is 5.52 Å². The normalized spacial score (nSPS) is 10.8. The van der Waals surface area contributed by atoms with Crippen molar-refractivity contribution in [2.75, 3.05) is 5.73 Å². The zero-order chi connectivity index (χ0) is 7.14. The molecule has 5 nitrogen and oxygen atoms in total. The second-order valence-corrected chi connectivity index (χ2v) is 2.01. The van der Waals surface area contributed by atoms with Crippen LogP contribution in [-0.4, -0.2) is 19.8 Å². The lowest BCUT2D eigenvalue weighted by molar-refractivity contribution is 0.128. The van der Waals surface area contributed by atoms with E-state index in [0.717, 1.165) is 4.85 Å². The van der Waals surface area contributed by atoms with Crippen LogP contribution in [0.15, 0.2) is 18.5 Å². The van der Waals surface area contributed by atoms with E-state index in [4.69, 9.17) is 10.9 Å². The van der Waals surface area contributed by atoms with E-state index in [9.17, 15) is 0 Å². The maximum Gasteiger partial charge on any atom is 0.113 e. The summed E-state index contributed by atoms with van der Waals surface area (Å²) in [5.74, 6) is 0. The smallest absolute Gasteiger partial charge is 0.113 e. The van der Waals surface area contributed by atoms with Crippen LogP contribution in [0.3, 0.4) is 0 Å². The van der Waals surface area contributed by atoms with Gasteiger partial charge in [-0.2, -0.15) is 5.10 Å². The Balaban J connectivity index is 2.95. The van der Waals surface area contributed by atoms with Gasteiger partial charge >= 0.3 is 0 Å². The van der Waals surface area contributed by atoms with Crippen molar-refractivity contribution in [3.63, 3.8) is 0 Å². The van der Waals surface area contributed by atoms with E-state index in [2.05, 4.69) is 5.10 Å². The minimum Gasteiger partial charge on any atom is -0.412 e. The first-order valence-corrected chi connectivity index (χ1v) is 2.79. The van der Waals surface area contributed by atoms with Crippen molar-refractivity contribution in [3.05, 3.63) is 18.5 Å². The van der Waals surface area contributed by atoms with Gasteiger partial charge in [-0.1, -0.05) is 0 Å². The van der Waals surface area contributed by atoms with Gasteiger partial charge in [0, 0.05) is 0 Å². The molecule has 0 bridgehead atoms. The average Bonchev–Trinajstić information content (AvgIpc) is 2.41. The van der Waals surface area contributed by atoms with Crippen molar-refractivity contribution in [1.82, 2.24) is 14.6 Å². The molecule has 0 fully saturated rings. The SMILES string of the molecule is Nc1cnn2c1ccn2O. The van der Waals surface area contributed by atoms with Crippen LogP contribution in [-0.2, 0) is 0 Å². The van der Waals surface area contributed by atoms with Gasteiger partial charge in [0.25, 0.3) is 0 Å². The molecule has 2 rings (SSSR count). The molecule has 2 heterocycles. The van der Waals surface area contributed by atoms with Gasteiger partial charge in [0.2, 0.25) is 0 Å². The molecule has 0 spiro atoms. The Labute approximate surface area is 56.2 Å². The van der Waals surface area contributed by atoms with Crippen molar-refractivity contribution < 1.29 is 5.21 Å². The maximum absolute atomic E-state index is 8.99. The quantitative estimate of drug-likeness (QED) is 0.502. The van der Waals surface area contributed by atoms with E-state index in [1.54, 1.807) is 6.07 Å². The Hall–Kier alpha value is -1.65. The van der Waals surface area contributed by atoms with E-state index in [1.807, 2.05) is 0 Å². The molecule has 2 aromatic heterocycles. The number of nitrogens with two attached hydrogens (primary N) is 1. The van der Waals surface area contributed by atoms with Crippen LogP contribution >= 0.6 is 0 Å². The van der Waals surface area contributed by atoms with Gasteiger partial charge in [-0.25, -0.2) is 0 Å². The number of nitrogens with zero attached hydrogens (tertiary/aromatic N) is 3. The monoisotopic (exact) mass is 138 g/mol. The topological polar surface area (TPSA) is 68.5 Å². The highest BCUT2D eigenvalue weighted by atomic mass is 16.5. The molecule has 0 aliphatic rings. The summed E-state index contributed by atoms with van der Waals surface area (Å²) in [6.45, 7) is 0. The van der Waals surface area contributed by atoms with Crippen LogP contribution in [0.1, 0.15) is 0 Å². The number of rotatable bonds is 0. The minimum absolute atomic E-state index is 0.563. The molecule has 10 heavy (non-hydrogen) atoms. The van der Waals surface area contributed by atoms with Crippen LogP contribution in [0.2, 0.25) is 0 Å². The van der Waals surface area contributed by atoms with Crippen LogP contribution < -0.4 is 5.73 Å². The van der Waals surface area contributed by atoms with Crippen LogP contribution in [0, 0.1) is 0 Å². The number of anilines is 1. The standard InChI is InChI=1S/C5H6N4O/c6-4-3-7-9-5(4)1-2-8(9)10/h1-3,10H,6H2. The van der Waals surface area contributed by atoms with E-state index in [1.165, 1.54) is 17.0 Å². The third-order valence-electron chi connectivity index (χ3n) is 1.38. The molecule has 0 aliphatic heterocycles. The largest absolute Gasteiger partial charge is 0.412 e. The van der Waals surface area contributed by atoms with E-state index in [-0.39, 0.29) is 0 Å². The summed E-state index contributed by atoms with van der Waals surface area (Å²) in [6, 6.07) is 1.68. The van der Waals surface area contributed by atoms with Crippen molar-refractivity contribution in [2.45, 2.75) is 0 Å². The highest BCUT2D eigenvalue weighted by molar-refractivity contribution is 5.67. The molecular formula is C5H6N4O.